The molecule has 0 radical (unpaired) electrons. The molecule has 2 fully saturated rings. The highest BCUT2D eigenvalue weighted by Crippen LogP contribution is 2.40. The number of halogens is 1. The van der Waals surface area contributed by atoms with Crippen molar-refractivity contribution in [3.63, 3.8) is 0 Å². The number of phenolic OH excluding ortho intramolecular Hbond substituents is 1. The lowest BCUT2D eigenvalue weighted by molar-refractivity contribution is -0.140. The van der Waals surface area contributed by atoms with Crippen LogP contribution in [0, 0.1) is 0 Å². The molecule has 2 aromatic carbocycles. The predicted molar refractivity (Wildman–Crippen MR) is 110 cm³/mol. The number of hydrogen-bond acceptors (Lipinski definition) is 5. The third kappa shape index (κ3) is 3.80. The Labute approximate surface area is 176 Å². The number of benzene rings is 2. The van der Waals surface area contributed by atoms with Gasteiger partial charge in [-0.2, -0.15) is 0 Å². The first-order chi connectivity index (χ1) is 14.0. The van der Waals surface area contributed by atoms with Crippen LogP contribution in [0.4, 0.5) is 0 Å². The summed E-state index contributed by atoms with van der Waals surface area (Å²) in [7, 11) is 0. The van der Waals surface area contributed by atoms with Crippen LogP contribution in [0.2, 0.25) is 0 Å². The Morgan fingerprint density at radius 1 is 1.17 bits per heavy atom. The Hall–Kier alpha value is -2.64. The van der Waals surface area contributed by atoms with E-state index >= 15 is 0 Å². The molecule has 2 atom stereocenters. The van der Waals surface area contributed by atoms with Gasteiger partial charge in [-0.25, -0.2) is 0 Å². The lowest BCUT2D eigenvalue weighted by atomic mass is 9.95. The van der Waals surface area contributed by atoms with Gasteiger partial charge in [-0.15, -0.1) is 0 Å². The number of ketones is 1. The van der Waals surface area contributed by atoms with Crippen LogP contribution >= 0.6 is 15.9 Å². The summed E-state index contributed by atoms with van der Waals surface area (Å²) in [5.41, 5.74) is 1.01. The first kappa shape index (κ1) is 19.7. The maximum atomic E-state index is 12.9. The second kappa shape index (κ2) is 8.00. The number of amides is 1. The summed E-state index contributed by atoms with van der Waals surface area (Å²) in [6.45, 7) is 0.881. The van der Waals surface area contributed by atoms with E-state index in [1.165, 1.54) is 17.0 Å². The number of carbonyl (C=O) groups excluding carboxylic acids is 2. The standard InChI is InChI=1S/C22H20BrNO5/c23-15-8-6-13(7-9-15)20(26)18-19(14-3-1-4-16(25)11-14)24(22(28)21(18)27)12-17-5-2-10-29-17/h1,3-4,6-9,11,17,19,25-26H,2,5,10,12H2/t17-,19+/m0/s1. The van der Waals surface area contributed by atoms with Crippen molar-refractivity contribution in [2.75, 3.05) is 13.2 Å². The summed E-state index contributed by atoms with van der Waals surface area (Å²) in [5, 5.41) is 20.9. The van der Waals surface area contributed by atoms with Crippen molar-refractivity contribution >= 4 is 33.4 Å². The third-order valence-corrected chi connectivity index (χ3v) is 5.80. The Morgan fingerprint density at radius 3 is 2.59 bits per heavy atom. The van der Waals surface area contributed by atoms with E-state index < -0.39 is 17.7 Å². The van der Waals surface area contributed by atoms with Crippen LogP contribution in [0.1, 0.15) is 30.0 Å². The van der Waals surface area contributed by atoms with E-state index in [4.69, 9.17) is 4.74 Å². The zero-order valence-electron chi connectivity index (χ0n) is 15.5. The summed E-state index contributed by atoms with van der Waals surface area (Å²) < 4.78 is 6.49. The molecule has 2 heterocycles. The number of aromatic hydroxyl groups is 1. The van der Waals surface area contributed by atoms with Crippen molar-refractivity contribution in [2.24, 2.45) is 0 Å². The van der Waals surface area contributed by atoms with Crippen LogP contribution in [0.3, 0.4) is 0 Å². The van der Waals surface area contributed by atoms with E-state index in [1.807, 2.05) is 0 Å². The van der Waals surface area contributed by atoms with E-state index in [9.17, 15) is 19.8 Å². The molecule has 0 aliphatic carbocycles. The number of rotatable bonds is 4. The second-order valence-electron chi connectivity index (χ2n) is 7.19. The minimum atomic E-state index is -0.796. The molecule has 2 saturated heterocycles. The molecule has 7 heteroatoms. The molecule has 0 aromatic heterocycles. The van der Waals surface area contributed by atoms with Gasteiger partial charge in [0.2, 0.25) is 0 Å². The van der Waals surface area contributed by atoms with E-state index in [1.54, 1.807) is 36.4 Å². The van der Waals surface area contributed by atoms with Crippen LogP contribution < -0.4 is 0 Å². The van der Waals surface area contributed by atoms with Crippen LogP contribution in [-0.4, -0.2) is 46.1 Å². The quantitative estimate of drug-likeness (QED) is 0.414. The number of phenols is 1. The van der Waals surface area contributed by atoms with Gasteiger partial charge < -0.3 is 19.8 Å². The van der Waals surface area contributed by atoms with Gasteiger partial charge in [0.05, 0.1) is 17.7 Å². The minimum absolute atomic E-state index is 0.0147. The van der Waals surface area contributed by atoms with Gasteiger partial charge >= 0.3 is 0 Å². The Morgan fingerprint density at radius 2 is 1.93 bits per heavy atom. The van der Waals surface area contributed by atoms with Crippen LogP contribution in [-0.2, 0) is 14.3 Å². The maximum Gasteiger partial charge on any atom is 0.295 e. The lowest BCUT2D eigenvalue weighted by Crippen LogP contribution is -2.36. The van der Waals surface area contributed by atoms with Crippen LogP contribution in [0.5, 0.6) is 5.75 Å². The Balaban J connectivity index is 1.83. The number of Topliss-reactive ketones (excluding diaryl/α,β-unsaturated/α-hetero) is 1. The van der Waals surface area contributed by atoms with Crippen LogP contribution in [0.25, 0.3) is 5.76 Å². The molecule has 4 rings (SSSR count). The molecule has 6 nitrogen and oxygen atoms in total. The maximum absolute atomic E-state index is 12.9. The predicted octanol–water partition coefficient (Wildman–Crippen LogP) is 3.76. The molecule has 29 heavy (non-hydrogen) atoms. The SMILES string of the molecule is O=C1C(=O)N(C[C@@H]2CCCO2)[C@H](c2cccc(O)c2)C1=C(O)c1ccc(Br)cc1. The Bertz CT molecular complexity index is 979. The monoisotopic (exact) mass is 457 g/mol. The van der Waals surface area contributed by atoms with E-state index in [0.29, 0.717) is 17.7 Å². The fourth-order valence-corrected chi connectivity index (χ4v) is 4.15. The summed E-state index contributed by atoms with van der Waals surface area (Å²) in [4.78, 5) is 27.2. The van der Waals surface area contributed by atoms with Gasteiger partial charge in [0.1, 0.15) is 11.5 Å². The third-order valence-electron chi connectivity index (χ3n) is 5.27. The number of carbonyl (C=O) groups is 2. The summed E-state index contributed by atoms with van der Waals surface area (Å²) in [5.74, 6) is -1.63. The van der Waals surface area contributed by atoms with Gasteiger partial charge in [0, 0.05) is 23.2 Å². The number of hydrogen-bond donors (Lipinski definition) is 2. The molecule has 1 amide bonds. The zero-order valence-corrected chi connectivity index (χ0v) is 17.1. The fourth-order valence-electron chi connectivity index (χ4n) is 3.88. The largest absolute Gasteiger partial charge is 0.508 e. The van der Waals surface area contributed by atoms with E-state index in [-0.39, 0.29) is 29.7 Å². The van der Waals surface area contributed by atoms with Gasteiger partial charge in [-0.1, -0.05) is 40.2 Å². The molecular formula is C22H20BrNO5. The summed E-state index contributed by atoms with van der Waals surface area (Å²) in [6, 6.07) is 12.5. The molecule has 0 unspecified atom stereocenters. The highest BCUT2D eigenvalue weighted by molar-refractivity contribution is 9.10. The molecule has 0 saturated carbocycles. The highest BCUT2D eigenvalue weighted by atomic mass is 79.9. The Kier molecular flexibility index (Phi) is 5.43. The molecular weight excluding hydrogens is 438 g/mol. The molecule has 2 aromatic rings. The average Bonchev–Trinajstić information content (AvgIpc) is 3.30. The molecule has 150 valence electrons. The fraction of sp³-hybridized carbons (Fsp3) is 0.273. The van der Waals surface area contributed by atoms with E-state index in [0.717, 1.165) is 17.3 Å². The molecule has 0 bridgehead atoms. The van der Waals surface area contributed by atoms with Crippen molar-refractivity contribution < 1.29 is 24.5 Å². The number of ether oxygens (including phenoxy) is 1. The molecule has 0 spiro atoms. The average molecular weight is 458 g/mol. The lowest BCUT2D eigenvalue weighted by Gasteiger charge is -2.27. The second-order valence-corrected chi connectivity index (χ2v) is 8.10. The van der Waals surface area contributed by atoms with Gasteiger partial charge in [-0.3, -0.25) is 9.59 Å². The zero-order chi connectivity index (χ0) is 20.5. The number of aliphatic hydroxyl groups is 1. The minimum Gasteiger partial charge on any atom is -0.508 e. The first-order valence-electron chi connectivity index (χ1n) is 9.40. The van der Waals surface area contributed by atoms with Crippen molar-refractivity contribution in [3.05, 3.63) is 69.7 Å². The molecule has 2 aliphatic rings. The topological polar surface area (TPSA) is 87.1 Å². The molecule has 2 aliphatic heterocycles. The normalized spacial score (nSPS) is 23.7. The number of nitrogens with zero attached hydrogens (tertiary/aromatic N) is 1. The van der Waals surface area contributed by atoms with Crippen LogP contribution in [0.15, 0.2) is 58.6 Å². The van der Waals surface area contributed by atoms with Gasteiger partial charge in [-0.05, 0) is 42.7 Å². The van der Waals surface area contributed by atoms with Gasteiger partial charge in [0.15, 0.2) is 0 Å². The van der Waals surface area contributed by atoms with Crippen molar-refractivity contribution in [3.8, 4) is 5.75 Å². The smallest absolute Gasteiger partial charge is 0.295 e. The number of likely N-dealkylation sites (tertiary alicyclic amines) is 1. The van der Waals surface area contributed by atoms with E-state index in [2.05, 4.69) is 15.9 Å². The summed E-state index contributed by atoms with van der Waals surface area (Å²) >= 11 is 3.35. The van der Waals surface area contributed by atoms with Gasteiger partial charge in [0.25, 0.3) is 11.7 Å². The van der Waals surface area contributed by atoms with Crippen molar-refractivity contribution in [1.29, 1.82) is 0 Å². The molecule has 2 N–H and O–H groups in total. The van der Waals surface area contributed by atoms with Crippen molar-refractivity contribution in [1.82, 2.24) is 4.90 Å². The highest BCUT2D eigenvalue weighted by Gasteiger charge is 2.47. The first-order valence-corrected chi connectivity index (χ1v) is 10.2. The number of aliphatic hydroxyl groups excluding tert-OH is 1. The summed E-state index contributed by atoms with van der Waals surface area (Å²) in [6.07, 6.45) is 1.56. The van der Waals surface area contributed by atoms with Crippen molar-refractivity contribution in [2.45, 2.75) is 25.0 Å².